The van der Waals surface area contributed by atoms with E-state index in [1.807, 2.05) is 0 Å². The van der Waals surface area contributed by atoms with Gasteiger partial charge in [0.1, 0.15) is 17.2 Å². The van der Waals surface area contributed by atoms with Gasteiger partial charge in [0.05, 0.1) is 26.4 Å². The monoisotopic (exact) mass is 306 g/mol. The van der Waals surface area contributed by atoms with Crippen LogP contribution >= 0.6 is 11.6 Å². The third-order valence-corrected chi connectivity index (χ3v) is 3.35. The molecule has 0 fully saturated rings. The molecule has 0 radical (unpaired) electrons. The molecule has 0 heterocycles. The second-order valence-corrected chi connectivity index (χ2v) is 4.68. The van der Waals surface area contributed by atoms with Crippen LogP contribution in [0.3, 0.4) is 0 Å². The fourth-order valence-corrected chi connectivity index (χ4v) is 2.16. The molecule has 0 N–H and O–H groups in total. The molecular formula is C16H15ClO4. The molecule has 0 aromatic heterocycles. The Bertz CT molecular complexity index is 645. The lowest BCUT2D eigenvalue weighted by molar-refractivity contribution is 0.103. The topological polar surface area (TPSA) is 44.8 Å². The highest BCUT2D eigenvalue weighted by Crippen LogP contribution is 2.28. The first-order valence-electron chi connectivity index (χ1n) is 6.20. The number of benzene rings is 2. The van der Waals surface area contributed by atoms with E-state index >= 15 is 0 Å². The number of carbonyl (C=O) groups excluding carboxylic acids is 1. The molecular weight excluding hydrogens is 292 g/mol. The van der Waals surface area contributed by atoms with Gasteiger partial charge in [-0.05, 0) is 30.3 Å². The molecule has 4 nitrogen and oxygen atoms in total. The van der Waals surface area contributed by atoms with Crippen molar-refractivity contribution in [3.05, 3.63) is 52.5 Å². The van der Waals surface area contributed by atoms with Crippen molar-refractivity contribution < 1.29 is 19.0 Å². The van der Waals surface area contributed by atoms with Crippen molar-refractivity contribution in [3.8, 4) is 17.2 Å². The Labute approximate surface area is 128 Å². The molecule has 110 valence electrons. The van der Waals surface area contributed by atoms with Gasteiger partial charge < -0.3 is 14.2 Å². The van der Waals surface area contributed by atoms with Crippen LogP contribution in [0.1, 0.15) is 15.9 Å². The number of methoxy groups -OCH3 is 3. The Morgan fingerprint density at radius 2 is 1.43 bits per heavy atom. The quantitative estimate of drug-likeness (QED) is 0.792. The van der Waals surface area contributed by atoms with E-state index in [0.29, 0.717) is 33.4 Å². The maximum Gasteiger partial charge on any atom is 0.194 e. The summed E-state index contributed by atoms with van der Waals surface area (Å²) < 4.78 is 15.4. The van der Waals surface area contributed by atoms with Gasteiger partial charge in [-0.3, -0.25) is 4.79 Å². The van der Waals surface area contributed by atoms with Crippen molar-refractivity contribution in [1.82, 2.24) is 0 Å². The van der Waals surface area contributed by atoms with Crippen LogP contribution in [0.2, 0.25) is 5.02 Å². The Morgan fingerprint density at radius 3 is 1.90 bits per heavy atom. The summed E-state index contributed by atoms with van der Waals surface area (Å²) in [5, 5.41) is 0.334. The first-order valence-corrected chi connectivity index (χ1v) is 6.58. The Balaban J connectivity index is 2.44. The molecule has 21 heavy (non-hydrogen) atoms. The van der Waals surface area contributed by atoms with E-state index in [0.717, 1.165) is 0 Å². The van der Waals surface area contributed by atoms with E-state index in [4.69, 9.17) is 25.8 Å². The molecule has 0 saturated heterocycles. The molecule has 5 heteroatoms. The summed E-state index contributed by atoms with van der Waals surface area (Å²) in [6.45, 7) is 0. The zero-order valence-corrected chi connectivity index (χ0v) is 12.7. The molecule has 0 unspecified atom stereocenters. The number of hydrogen-bond donors (Lipinski definition) is 0. The van der Waals surface area contributed by atoms with Gasteiger partial charge in [0.25, 0.3) is 0 Å². The smallest absolute Gasteiger partial charge is 0.194 e. The third kappa shape index (κ3) is 3.28. The Hall–Kier alpha value is -2.20. The predicted molar refractivity (Wildman–Crippen MR) is 81.0 cm³/mol. The first kappa shape index (κ1) is 15.2. The highest BCUT2D eigenvalue weighted by Gasteiger charge is 2.15. The van der Waals surface area contributed by atoms with Crippen molar-refractivity contribution >= 4 is 17.4 Å². The van der Waals surface area contributed by atoms with E-state index in [-0.39, 0.29) is 5.78 Å². The Morgan fingerprint density at radius 1 is 0.857 bits per heavy atom. The molecule has 2 aromatic rings. The number of hydrogen-bond acceptors (Lipinski definition) is 4. The van der Waals surface area contributed by atoms with Crippen LogP contribution in [0.5, 0.6) is 17.2 Å². The molecule has 0 amide bonds. The van der Waals surface area contributed by atoms with Gasteiger partial charge in [0.2, 0.25) is 0 Å². The summed E-state index contributed by atoms with van der Waals surface area (Å²) in [5.74, 6) is 1.48. The summed E-state index contributed by atoms with van der Waals surface area (Å²) in [6, 6.07) is 9.92. The van der Waals surface area contributed by atoms with Crippen LogP contribution in [0.15, 0.2) is 36.4 Å². The van der Waals surface area contributed by atoms with Crippen molar-refractivity contribution in [3.63, 3.8) is 0 Å². The fraction of sp³-hybridized carbons (Fsp3) is 0.188. The average molecular weight is 307 g/mol. The summed E-state index contributed by atoms with van der Waals surface area (Å²) in [5.41, 5.74) is 0.839. The summed E-state index contributed by atoms with van der Waals surface area (Å²) >= 11 is 6.14. The van der Waals surface area contributed by atoms with Crippen molar-refractivity contribution in [2.24, 2.45) is 0 Å². The first-order chi connectivity index (χ1) is 10.1. The van der Waals surface area contributed by atoms with Crippen LogP contribution in [0, 0.1) is 0 Å². The molecule has 0 atom stereocenters. The lowest BCUT2D eigenvalue weighted by Gasteiger charge is -2.09. The zero-order valence-electron chi connectivity index (χ0n) is 12.0. The van der Waals surface area contributed by atoms with E-state index < -0.39 is 0 Å². The van der Waals surface area contributed by atoms with Gasteiger partial charge >= 0.3 is 0 Å². The van der Waals surface area contributed by atoms with Crippen LogP contribution in [-0.4, -0.2) is 27.1 Å². The second-order valence-electron chi connectivity index (χ2n) is 4.28. The largest absolute Gasteiger partial charge is 0.497 e. The Kier molecular flexibility index (Phi) is 4.70. The summed E-state index contributed by atoms with van der Waals surface area (Å²) in [6.07, 6.45) is 0. The van der Waals surface area contributed by atoms with Gasteiger partial charge in [-0.25, -0.2) is 0 Å². The lowest BCUT2D eigenvalue weighted by atomic mass is 10.0. The van der Waals surface area contributed by atoms with E-state index in [2.05, 4.69) is 0 Å². The van der Waals surface area contributed by atoms with E-state index in [1.165, 1.54) is 14.2 Å². The standard InChI is InChI=1S/C16H15ClO4/c1-19-11-4-5-14(15(17)9-11)16(18)10-6-12(20-2)8-13(7-10)21-3/h4-9H,1-3H3. The lowest BCUT2D eigenvalue weighted by Crippen LogP contribution is -2.03. The molecule has 0 saturated carbocycles. The van der Waals surface area contributed by atoms with Gasteiger partial charge in [-0.15, -0.1) is 0 Å². The third-order valence-electron chi connectivity index (χ3n) is 3.03. The molecule has 0 aliphatic heterocycles. The SMILES string of the molecule is COc1cc(OC)cc(C(=O)c2ccc(OC)cc2Cl)c1. The van der Waals surface area contributed by atoms with Crippen LogP contribution < -0.4 is 14.2 Å². The van der Waals surface area contributed by atoms with Crippen molar-refractivity contribution in [2.45, 2.75) is 0 Å². The molecule has 0 aliphatic rings. The minimum atomic E-state index is -0.208. The predicted octanol–water partition coefficient (Wildman–Crippen LogP) is 3.60. The normalized spacial score (nSPS) is 10.1. The highest BCUT2D eigenvalue weighted by atomic mass is 35.5. The van der Waals surface area contributed by atoms with Gasteiger partial charge in [0.15, 0.2) is 5.78 Å². The number of halogens is 1. The van der Waals surface area contributed by atoms with E-state index in [1.54, 1.807) is 43.5 Å². The number of rotatable bonds is 5. The van der Waals surface area contributed by atoms with Gasteiger partial charge in [-0.1, -0.05) is 11.6 Å². The molecule has 0 aliphatic carbocycles. The van der Waals surface area contributed by atoms with Gasteiger partial charge in [0, 0.05) is 17.2 Å². The van der Waals surface area contributed by atoms with Crippen LogP contribution in [0.25, 0.3) is 0 Å². The minimum absolute atomic E-state index is 0.208. The highest BCUT2D eigenvalue weighted by molar-refractivity contribution is 6.35. The van der Waals surface area contributed by atoms with Gasteiger partial charge in [-0.2, -0.15) is 0 Å². The minimum Gasteiger partial charge on any atom is -0.497 e. The van der Waals surface area contributed by atoms with Crippen LogP contribution in [-0.2, 0) is 0 Å². The number of carbonyl (C=O) groups is 1. The van der Waals surface area contributed by atoms with Crippen molar-refractivity contribution in [1.29, 1.82) is 0 Å². The van der Waals surface area contributed by atoms with Crippen molar-refractivity contribution in [2.75, 3.05) is 21.3 Å². The number of ketones is 1. The summed E-state index contributed by atoms with van der Waals surface area (Å²) in [7, 11) is 4.60. The molecule has 2 rings (SSSR count). The average Bonchev–Trinajstić information content (AvgIpc) is 2.53. The molecule has 0 spiro atoms. The number of ether oxygens (including phenoxy) is 3. The zero-order chi connectivity index (χ0) is 15.4. The maximum absolute atomic E-state index is 12.6. The van der Waals surface area contributed by atoms with E-state index in [9.17, 15) is 4.79 Å². The second kappa shape index (κ2) is 6.50. The van der Waals surface area contributed by atoms with Crippen LogP contribution in [0.4, 0.5) is 0 Å². The molecule has 0 bridgehead atoms. The maximum atomic E-state index is 12.6. The molecule has 2 aromatic carbocycles. The fourth-order valence-electron chi connectivity index (χ4n) is 1.90. The summed E-state index contributed by atoms with van der Waals surface area (Å²) in [4.78, 5) is 12.6.